The van der Waals surface area contributed by atoms with Gasteiger partial charge in [0.05, 0.1) is 5.92 Å². The molecule has 180 valence electrons. The van der Waals surface area contributed by atoms with Gasteiger partial charge in [0.1, 0.15) is 12.0 Å². The average molecular weight is 477 g/mol. The smallest absolute Gasteiger partial charge is 0.281 e. The van der Waals surface area contributed by atoms with Crippen LogP contribution in [0.3, 0.4) is 0 Å². The Bertz CT molecular complexity index is 1130. The number of hydrogen-bond acceptors (Lipinski definition) is 6. The molecule has 0 aromatic carbocycles. The van der Waals surface area contributed by atoms with Crippen molar-refractivity contribution in [3.8, 4) is 11.5 Å². The molecule has 2 aromatic heterocycles. The summed E-state index contributed by atoms with van der Waals surface area (Å²) in [7, 11) is -1.56. The largest absolute Gasteiger partial charge is 0.338 e. The summed E-state index contributed by atoms with van der Waals surface area (Å²) in [6, 6.07) is 0. The fourth-order valence-corrected chi connectivity index (χ4v) is 7.10. The predicted molar refractivity (Wildman–Crippen MR) is 121 cm³/mol. The Hall–Kier alpha value is -2.31. The molecular weight excluding hydrogens is 444 g/mol. The van der Waals surface area contributed by atoms with Crippen LogP contribution in [-0.2, 0) is 41.6 Å². The van der Waals surface area contributed by atoms with Gasteiger partial charge in [-0.05, 0) is 32.6 Å². The maximum absolute atomic E-state index is 13.5. The maximum Gasteiger partial charge on any atom is 0.281 e. The number of piperidine rings is 1. The summed E-state index contributed by atoms with van der Waals surface area (Å²) in [5.74, 6) is 0.440. The van der Waals surface area contributed by atoms with E-state index in [1.54, 1.807) is 10.6 Å². The molecule has 1 unspecified atom stereocenters. The van der Waals surface area contributed by atoms with Crippen LogP contribution >= 0.6 is 0 Å². The van der Waals surface area contributed by atoms with Gasteiger partial charge in [-0.3, -0.25) is 9.48 Å². The molecule has 11 nitrogen and oxygen atoms in total. The van der Waals surface area contributed by atoms with E-state index in [1.807, 2.05) is 28.1 Å². The fraction of sp³-hybridized carbons (Fsp3) is 0.714. The molecule has 2 saturated heterocycles. The Balaban J connectivity index is 1.34. The van der Waals surface area contributed by atoms with Crippen molar-refractivity contribution in [1.29, 1.82) is 0 Å². The van der Waals surface area contributed by atoms with Crippen LogP contribution in [0, 0.1) is 5.92 Å². The predicted octanol–water partition coefficient (Wildman–Crippen LogP) is 0.636. The van der Waals surface area contributed by atoms with Crippen LogP contribution in [0.15, 0.2) is 6.33 Å². The molecule has 0 saturated carbocycles. The van der Waals surface area contributed by atoms with Crippen LogP contribution in [-0.4, -0.2) is 85.1 Å². The van der Waals surface area contributed by atoms with Crippen LogP contribution in [0.25, 0.3) is 11.5 Å². The molecule has 2 fully saturated rings. The fourth-order valence-electron chi connectivity index (χ4n) is 5.32. The molecule has 1 atom stereocenters. The van der Waals surface area contributed by atoms with Crippen molar-refractivity contribution in [3.05, 3.63) is 17.6 Å². The molecule has 0 bridgehead atoms. The number of amides is 1. The van der Waals surface area contributed by atoms with Crippen molar-refractivity contribution >= 4 is 16.1 Å². The molecule has 0 aliphatic carbocycles. The number of rotatable bonds is 5. The lowest BCUT2D eigenvalue weighted by atomic mass is 9.96. The zero-order chi connectivity index (χ0) is 23.2. The summed E-state index contributed by atoms with van der Waals surface area (Å²) in [6.07, 6.45) is 5.65. The van der Waals surface area contributed by atoms with E-state index in [0.29, 0.717) is 51.4 Å². The van der Waals surface area contributed by atoms with Crippen LogP contribution in [0.2, 0.25) is 0 Å². The van der Waals surface area contributed by atoms with Crippen molar-refractivity contribution in [2.45, 2.75) is 52.1 Å². The summed E-state index contributed by atoms with van der Waals surface area (Å²) in [5.41, 5.74) is 2.89. The molecule has 12 heteroatoms. The summed E-state index contributed by atoms with van der Waals surface area (Å²) in [6.45, 7) is 5.76. The summed E-state index contributed by atoms with van der Waals surface area (Å²) >= 11 is 0. The van der Waals surface area contributed by atoms with Gasteiger partial charge >= 0.3 is 0 Å². The molecule has 0 radical (unpaired) electrons. The van der Waals surface area contributed by atoms with Crippen molar-refractivity contribution in [1.82, 2.24) is 38.1 Å². The number of aromatic nitrogens is 5. The highest BCUT2D eigenvalue weighted by molar-refractivity contribution is 7.86. The number of hydrogen-bond donors (Lipinski definition) is 0. The molecular formula is C21H32N8O3S. The minimum Gasteiger partial charge on any atom is -0.338 e. The van der Waals surface area contributed by atoms with Gasteiger partial charge in [0.15, 0.2) is 5.82 Å². The minimum atomic E-state index is -3.48. The first-order valence-electron chi connectivity index (χ1n) is 11.9. The Morgan fingerprint density at radius 1 is 1.12 bits per heavy atom. The molecule has 1 amide bonds. The first kappa shape index (κ1) is 22.5. The number of carbonyl (C=O) groups is 1. The molecule has 5 heterocycles. The lowest BCUT2D eigenvalue weighted by Crippen LogP contribution is -2.51. The van der Waals surface area contributed by atoms with Gasteiger partial charge in [0.2, 0.25) is 5.91 Å². The summed E-state index contributed by atoms with van der Waals surface area (Å²) in [5, 5.41) is 13.0. The zero-order valence-electron chi connectivity index (χ0n) is 19.4. The van der Waals surface area contributed by atoms with Gasteiger partial charge in [0.25, 0.3) is 10.2 Å². The Morgan fingerprint density at radius 3 is 2.64 bits per heavy atom. The van der Waals surface area contributed by atoms with Gasteiger partial charge in [-0.15, -0.1) is 10.2 Å². The lowest BCUT2D eigenvalue weighted by Gasteiger charge is -2.37. The van der Waals surface area contributed by atoms with Crippen molar-refractivity contribution < 1.29 is 13.2 Å². The van der Waals surface area contributed by atoms with Crippen LogP contribution in [0.5, 0.6) is 0 Å². The normalized spacial score (nSPS) is 22.6. The third-order valence-corrected chi connectivity index (χ3v) is 9.17. The van der Waals surface area contributed by atoms with Gasteiger partial charge in [-0.1, -0.05) is 0 Å². The van der Waals surface area contributed by atoms with Crippen LogP contribution in [0.1, 0.15) is 43.9 Å². The van der Waals surface area contributed by atoms with Gasteiger partial charge < -0.3 is 9.47 Å². The molecule has 3 aliphatic heterocycles. The van der Waals surface area contributed by atoms with E-state index in [-0.39, 0.29) is 18.4 Å². The third-order valence-electron chi connectivity index (χ3n) is 7.17. The van der Waals surface area contributed by atoms with Gasteiger partial charge in [-0.2, -0.15) is 22.1 Å². The second-order valence-electron chi connectivity index (χ2n) is 9.16. The van der Waals surface area contributed by atoms with Crippen molar-refractivity contribution in [2.24, 2.45) is 13.0 Å². The van der Waals surface area contributed by atoms with E-state index in [4.69, 9.17) is 5.10 Å². The maximum atomic E-state index is 13.5. The number of carbonyl (C=O) groups excluding carboxylic acids is 1. The number of aryl methyl sites for hydroxylation is 2. The van der Waals surface area contributed by atoms with Crippen molar-refractivity contribution in [2.75, 3.05) is 32.7 Å². The van der Waals surface area contributed by atoms with E-state index >= 15 is 0 Å². The molecule has 5 rings (SSSR count). The van der Waals surface area contributed by atoms with E-state index in [1.165, 1.54) is 4.31 Å². The highest BCUT2D eigenvalue weighted by Crippen LogP contribution is 2.31. The molecule has 0 N–H and O–H groups in total. The second-order valence-corrected chi connectivity index (χ2v) is 11.1. The molecule has 2 aromatic rings. The Morgan fingerprint density at radius 2 is 1.88 bits per heavy atom. The number of fused-ring (bicyclic) bond motifs is 1. The molecule has 0 spiro atoms. The Labute approximate surface area is 194 Å². The van der Waals surface area contributed by atoms with E-state index in [9.17, 15) is 13.2 Å². The summed E-state index contributed by atoms with van der Waals surface area (Å²) < 4.78 is 33.0. The highest BCUT2D eigenvalue weighted by atomic mass is 32.2. The highest BCUT2D eigenvalue weighted by Gasteiger charge is 2.39. The second kappa shape index (κ2) is 8.80. The minimum absolute atomic E-state index is 0.0359. The van der Waals surface area contributed by atoms with Crippen LogP contribution < -0.4 is 0 Å². The van der Waals surface area contributed by atoms with E-state index in [0.717, 1.165) is 42.8 Å². The first-order valence-corrected chi connectivity index (χ1v) is 13.3. The summed E-state index contributed by atoms with van der Waals surface area (Å²) in [4.78, 5) is 15.4. The lowest BCUT2D eigenvalue weighted by molar-refractivity contribution is -0.137. The van der Waals surface area contributed by atoms with Crippen LogP contribution in [0.4, 0.5) is 0 Å². The van der Waals surface area contributed by atoms with Crippen molar-refractivity contribution in [3.63, 3.8) is 0 Å². The standard InChI is InChI=1S/C21H32N8O3S/c1-3-26-15-22-23-20(26)19-17-14-27(12-8-18(17)25(2)24-19)21(30)16-7-6-11-29(13-16)33(31,32)28-9-4-5-10-28/h15-16H,3-14H2,1-2H3. The quantitative estimate of drug-likeness (QED) is 0.626. The van der Waals surface area contributed by atoms with E-state index in [2.05, 4.69) is 10.2 Å². The average Bonchev–Trinajstić information content (AvgIpc) is 3.59. The van der Waals surface area contributed by atoms with E-state index < -0.39 is 10.2 Å². The zero-order valence-corrected chi connectivity index (χ0v) is 20.2. The molecule has 33 heavy (non-hydrogen) atoms. The first-order chi connectivity index (χ1) is 15.9. The van der Waals surface area contributed by atoms with Gasteiger partial charge in [-0.25, -0.2) is 0 Å². The Kier molecular flexibility index (Phi) is 6.00. The topological polar surface area (TPSA) is 109 Å². The monoisotopic (exact) mass is 476 g/mol. The SMILES string of the molecule is CCn1cnnc1-c1nn(C)c2c1CN(C(=O)C1CCCN(S(=O)(=O)N3CCCC3)C1)CC2. The van der Waals surface area contributed by atoms with Gasteiger partial charge in [0, 0.05) is 70.5 Å². The third kappa shape index (κ3) is 3.97. The molecule has 3 aliphatic rings. The number of nitrogens with zero attached hydrogens (tertiary/aromatic N) is 8.